The number of amides is 1. The molecule has 0 radical (unpaired) electrons. The minimum absolute atomic E-state index is 0.129. The van der Waals surface area contributed by atoms with Gasteiger partial charge < -0.3 is 9.80 Å². The minimum atomic E-state index is -3.97. The van der Waals surface area contributed by atoms with Crippen molar-refractivity contribution >= 4 is 42.8 Å². The van der Waals surface area contributed by atoms with E-state index >= 15 is 0 Å². The summed E-state index contributed by atoms with van der Waals surface area (Å²) in [4.78, 5) is 17.3. The first-order valence-corrected chi connectivity index (χ1v) is 11.2. The van der Waals surface area contributed by atoms with E-state index in [1.807, 2.05) is 19.2 Å². The third-order valence-electron chi connectivity index (χ3n) is 5.03. The molecule has 6 nitrogen and oxygen atoms in total. The summed E-state index contributed by atoms with van der Waals surface area (Å²) >= 11 is 3.33. The standard InChI is InChI=1S/C20H20BrN3O3S/c1-22-10-12-23(13-11-22)20(25)18-14-15-6-2-4-8-17(15)24(18)28(26,27)19-9-5-3-7-16(19)21/h2-9,14H,10-13H2,1H3. The summed E-state index contributed by atoms with van der Waals surface area (Å²) in [5.41, 5.74) is 0.664. The van der Waals surface area contributed by atoms with Gasteiger partial charge in [0.25, 0.3) is 15.9 Å². The molecule has 28 heavy (non-hydrogen) atoms. The highest BCUT2D eigenvalue weighted by Gasteiger charge is 2.30. The molecule has 0 spiro atoms. The van der Waals surface area contributed by atoms with Crippen LogP contribution < -0.4 is 0 Å². The average molecular weight is 462 g/mol. The Kier molecular flexibility index (Phi) is 5.03. The SMILES string of the molecule is CN1CCN(C(=O)c2cc3ccccc3n2S(=O)(=O)c2ccccc2Br)CC1. The normalized spacial score (nSPS) is 15.9. The second-order valence-electron chi connectivity index (χ2n) is 6.88. The zero-order valence-electron chi connectivity index (χ0n) is 15.4. The van der Waals surface area contributed by atoms with Gasteiger partial charge in [-0.25, -0.2) is 12.4 Å². The van der Waals surface area contributed by atoms with Crippen LogP contribution in [0.15, 0.2) is 64.0 Å². The summed E-state index contributed by atoms with van der Waals surface area (Å²) in [6, 6.07) is 15.5. The molecule has 0 unspecified atom stereocenters. The fourth-order valence-corrected chi connectivity index (χ4v) is 5.94. The number of nitrogens with zero attached hydrogens (tertiary/aromatic N) is 3. The molecular weight excluding hydrogens is 442 g/mol. The van der Waals surface area contributed by atoms with Crippen LogP contribution in [0.4, 0.5) is 0 Å². The number of benzene rings is 2. The molecule has 0 atom stereocenters. The van der Waals surface area contributed by atoms with Crippen molar-refractivity contribution < 1.29 is 13.2 Å². The van der Waals surface area contributed by atoms with Crippen LogP contribution in [-0.4, -0.2) is 61.3 Å². The quantitative estimate of drug-likeness (QED) is 0.601. The summed E-state index contributed by atoms with van der Waals surface area (Å²) in [5.74, 6) is -0.264. The molecule has 0 saturated carbocycles. The van der Waals surface area contributed by atoms with E-state index in [4.69, 9.17) is 0 Å². The van der Waals surface area contributed by atoms with E-state index < -0.39 is 10.0 Å². The van der Waals surface area contributed by atoms with Crippen molar-refractivity contribution in [1.29, 1.82) is 0 Å². The van der Waals surface area contributed by atoms with Gasteiger partial charge >= 0.3 is 0 Å². The van der Waals surface area contributed by atoms with Gasteiger partial charge in [-0.05, 0) is 47.2 Å². The summed E-state index contributed by atoms with van der Waals surface area (Å²) in [7, 11) is -1.96. The first kappa shape index (κ1) is 19.2. The molecule has 2 heterocycles. The maximum atomic E-state index is 13.5. The maximum Gasteiger partial charge on any atom is 0.271 e. The number of halogens is 1. The Bertz CT molecular complexity index is 1150. The monoisotopic (exact) mass is 461 g/mol. The van der Waals surface area contributed by atoms with Crippen molar-refractivity contribution in [1.82, 2.24) is 13.8 Å². The number of hydrogen-bond donors (Lipinski definition) is 0. The Hall–Kier alpha value is -2.16. The first-order chi connectivity index (χ1) is 13.4. The topological polar surface area (TPSA) is 62.6 Å². The van der Waals surface area contributed by atoms with Gasteiger partial charge in [0, 0.05) is 36.0 Å². The van der Waals surface area contributed by atoms with Gasteiger partial charge in [-0.3, -0.25) is 4.79 Å². The van der Waals surface area contributed by atoms with E-state index in [-0.39, 0.29) is 16.5 Å². The van der Waals surface area contributed by atoms with Crippen LogP contribution in [0.25, 0.3) is 10.9 Å². The number of carbonyl (C=O) groups is 1. The number of carbonyl (C=O) groups excluding carboxylic acids is 1. The Balaban J connectivity index is 1.89. The summed E-state index contributed by atoms with van der Waals surface area (Å²) in [6.07, 6.45) is 0. The van der Waals surface area contributed by atoms with Crippen LogP contribution in [-0.2, 0) is 10.0 Å². The van der Waals surface area contributed by atoms with Gasteiger partial charge in [0.15, 0.2) is 0 Å². The van der Waals surface area contributed by atoms with Crippen LogP contribution in [0.5, 0.6) is 0 Å². The molecule has 2 aromatic carbocycles. The van der Waals surface area contributed by atoms with Crippen molar-refractivity contribution in [3.63, 3.8) is 0 Å². The molecule has 1 aliphatic heterocycles. The molecule has 1 aliphatic rings. The third-order valence-corrected chi connectivity index (χ3v) is 7.77. The third kappa shape index (κ3) is 3.25. The average Bonchev–Trinajstić information content (AvgIpc) is 3.08. The Labute approximate surface area is 172 Å². The van der Waals surface area contributed by atoms with Crippen LogP contribution in [0.2, 0.25) is 0 Å². The molecule has 1 aromatic heterocycles. The second kappa shape index (κ2) is 7.35. The van der Waals surface area contributed by atoms with Crippen molar-refractivity contribution in [3.05, 3.63) is 64.8 Å². The van der Waals surface area contributed by atoms with Gasteiger partial charge in [0.2, 0.25) is 0 Å². The molecule has 1 saturated heterocycles. The summed E-state index contributed by atoms with van der Waals surface area (Å²) < 4.78 is 28.7. The van der Waals surface area contributed by atoms with Gasteiger partial charge in [0.1, 0.15) is 10.6 Å². The molecule has 0 bridgehead atoms. The zero-order chi connectivity index (χ0) is 19.9. The number of aromatic nitrogens is 1. The second-order valence-corrected chi connectivity index (χ2v) is 9.49. The number of likely N-dealkylation sites (N-methyl/N-ethyl adjacent to an activating group) is 1. The largest absolute Gasteiger partial charge is 0.335 e. The number of piperazine rings is 1. The lowest BCUT2D eigenvalue weighted by molar-refractivity contribution is 0.0657. The van der Waals surface area contributed by atoms with E-state index in [1.54, 1.807) is 41.3 Å². The lowest BCUT2D eigenvalue weighted by atomic mass is 10.2. The fourth-order valence-electron chi connectivity index (χ4n) is 3.46. The summed E-state index contributed by atoms with van der Waals surface area (Å²) in [6.45, 7) is 2.68. The van der Waals surface area contributed by atoms with Crippen LogP contribution >= 0.6 is 15.9 Å². The van der Waals surface area contributed by atoms with E-state index in [2.05, 4.69) is 20.8 Å². The molecule has 3 aromatic rings. The van der Waals surface area contributed by atoms with Crippen LogP contribution in [0, 0.1) is 0 Å². The zero-order valence-corrected chi connectivity index (χ0v) is 17.8. The van der Waals surface area contributed by atoms with E-state index in [9.17, 15) is 13.2 Å². The Morgan fingerprint density at radius 2 is 1.61 bits per heavy atom. The number of hydrogen-bond acceptors (Lipinski definition) is 4. The predicted molar refractivity (Wildman–Crippen MR) is 112 cm³/mol. The lowest BCUT2D eigenvalue weighted by Crippen LogP contribution is -2.47. The Morgan fingerprint density at radius 1 is 0.964 bits per heavy atom. The van der Waals surface area contributed by atoms with Crippen molar-refractivity contribution in [2.24, 2.45) is 0 Å². The van der Waals surface area contributed by atoms with E-state index in [0.29, 0.717) is 23.1 Å². The molecule has 8 heteroatoms. The molecule has 4 rings (SSSR count). The Morgan fingerprint density at radius 3 is 2.32 bits per heavy atom. The van der Waals surface area contributed by atoms with E-state index in [0.717, 1.165) is 18.5 Å². The lowest BCUT2D eigenvalue weighted by Gasteiger charge is -2.32. The molecule has 1 amide bonds. The van der Waals surface area contributed by atoms with Gasteiger partial charge in [-0.2, -0.15) is 0 Å². The highest BCUT2D eigenvalue weighted by Crippen LogP contribution is 2.30. The molecule has 146 valence electrons. The first-order valence-electron chi connectivity index (χ1n) is 8.98. The number of para-hydroxylation sites is 1. The highest BCUT2D eigenvalue weighted by molar-refractivity contribution is 9.10. The smallest absolute Gasteiger partial charge is 0.271 e. The predicted octanol–water partition coefficient (Wildman–Crippen LogP) is 3.03. The van der Waals surface area contributed by atoms with E-state index in [1.165, 1.54) is 10.0 Å². The van der Waals surface area contributed by atoms with Gasteiger partial charge in [-0.15, -0.1) is 0 Å². The fraction of sp³-hybridized carbons (Fsp3) is 0.250. The van der Waals surface area contributed by atoms with Gasteiger partial charge in [0.05, 0.1) is 5.52 Å². The highest BCUT2D eigenvalue weighted by atomic mass is 79.9. The molecular formula is C20H20BrN3O3S. The number of rotatable bonds is 3. The van der Waals surface area contributed by atoms with Crippen LogP contribution in [0.1, 0.15) is 10.5 Å². The number of fused-ring (bicyclic) bond motifs is 1. The molecule has 0 N–H and O–H groups in total. The van der Waals surface area contributed by atoms with Crippen molar-refractivity contribution in [3.8, 4) is 0 Å². The maximum absolute atomic E-state index is 13.5. The molecule has 1 fully saturated rings. The van der Waals surface area contributed by atoms with Crippen molar-refractivity contribution in [2.75, 3.05) is 33.2 Å². The van der Waals surface area contributed by atoms with Crippen molar-refractivity contribution in [2.45, 2.75) is 4.90 Å². The van der Waals surface area contributed by atoms with Gasteiger partial charge in [-0.1, -0.05) is 30.3 Å². The summed E-state index contributed by atoms with van der Waals surface area (Å²) in [5, 5.41) is 0.718. The molecule has 0 aliphatic carbocycles. The van der Waals surface area contributed by atoms with Crippen LogP contribution in [0.3, 0.4) is 0 Å². The minimum Gasteiger partial charge on any atom is -0.335 e.